The van der Waals surface area contributed by atoms with E-state index in [4.69, 9.17) is 9.88 Å². The van der Waals surface area contributed by atoms with Crippen LogP contribution in [0.2, 0.25) is 0 Å². The smallest absolute Gasteiger partial charge is 0.238 e. The highest BCUT2D eigenvalue weighted by molar-refractivity contribution is 7.89. The van der Waals surface area contributed by atoms with E-state index in [1.807, 2.05) is 0 Å². The van der Waals surface area contributed by atoms with Crippen molar-refractivity contribution in [3.63, 3.8) is 0 Å². The highest BCUT2D eigenvalue weighted by Crippen LogP contribution is 2.30. The van der Waals surface area contributed by atoms with Crippen LogP contribution in [0.1, 0.15) is 23.1 Å². The van der Waals surface area contributed by atoms with Crippen LogP contribution >= 0.6 is 0 Å². The average molecular weight is 275 g/mol. The van der Waals surface area contributed by atoms with E-state index in [1.54, 1.807) is 20.8 Å². The summed E-state index contributed by atoms with van der Waals surface area (Å²) in [4.78, 5) is 0.107. The molecule has 1 aromatic carbocycles. The molecule has 1 rings (SSSR count). The lowest BCUT2D eigenvalue weighted by Crippen LogP contribution is -2.15. The minimum Gasteiger partial charge on any atom is -0.493 e. The normalized spacial score (nSPS) is 11.6. The topological polar surface area (TPSA) is 69.4 Å². The fraction of sp³-hybridized carbons (Fsp3) is 0.500. The van der Waals surface area contributed by atoms with Gasteiger partial charge in [-0.15, -0.1) is 0 Å². The molecule has 0 saturated heterocycles. The molecule has 0 aromatic heterocycles. The molecule has 0 bridgehead atoms. The van der Waals surface area contributed by atoms with Gasteiger partial charge in [-0.3, -0.25) is 4.39 Å². The molecule has 0 heterocycles. The van der Waals surface area contributed by atoms with Crippen molar-refractivity contribution in [1.82, 2.24) is 0 Å². The highest BCUT2D eigenvalue weighted by Gasteiger charge is 2.18. The van der Waals surface area contributed by atoms with Crippen molar-refractivity contribution < 1.29 is 17.5 Å². The summed E-state index contributed by atoms with van der Waals surface area (Å²) in [6.45, 7) is 5.02. The zero-order valence-electron chi connectivity index (χ0n) is 10.8. The van der Waals surface area contributed by atoms with Crippen LogP contribution in [0.25, 0.3) is 0 Å². The third-order valence-corrected chi connectivity index (χ3v) is 3.85. The van der Waals surface area contributed by atoms with Gasteiger partial charge in [-0.05, 0) is 43.5 Å². The van der Waals surface area contributed by atoms with Crippen molar-refractivity contribution in [2.24, 2.45) is 5.14 Å². The molecule has 0 radical (unpaired) electrons. The van der Waals surface area contributed by atoms with Crippen LogP contribution in [0, 0.1) is 20.8 Å². The number of alkyl halides is 1. The Labute approximate surface area is 107 Å². The Kier molecular flexibility index (Phi) is 4.70. The van der Waals surface area contributed by atoms with Gasteiger partial charge < -0.3 is 4.74 Å². The summed E-state index contributed by atoms with van der Waals surface area (Å²) in [7, 11) is -3.74. The van der Waals surface area contributed by atoms with Gasteiger partial charge in [0.1, 0.15) is 5.75 Å². The van der Waals surface area contributed by atoms with Crippen molar-refractivity contribution in [3.05, 3.63) is 22.8 Å². The Morgan fingerprint density at radius 3 is 2.39 bits per heavy atom. The predicted molar refractivity (Wildman–Crippen MR) is 68.1 cm³/mol. The van der Waals surface area contributed by atoms with Gasteiger partial charge in [0.2, 0.25) is 10.0 Å². The third-order valence-electron chi connectivity index (χ3n) is 2.81. The maximum atomic E-state index is 12.0. The Hall–Kier alpha value is -1.14. The van der Waals surface area contributed by atoms with Crippen molar-refractivity contribution >= 4 is 10.0 Å². The second-order valence-electron chi connectivity index (χ2n) is 4.21. The van der Waals surface area contributed by atoms with Crippen LogP contribution in [0.4, 0.5) is 4.39 Å². The number of hydrogen-bond donors (Lipinski definition) is 1. The Bertz CT molecular complexity index is 541. The molecule has 0 aliphatic carbocycles. The zero-order valence-corrected chi connectivity index (χ0v) is 11.6. The highest BCUT2D eigenvalue weighted by atomic mass is 32.2. The quantitative estimate of drug-likeness (QED) is 0.836. The molecule has 6 heteroatoms. The maximum absolute atomic E-state index is 12.0. The van der Waals surface area contributed by atoms with E-state index in [9.17, 15) is 12.8 Å². The molecule has 0 spiro atoms. The van der Waals surface area contributed by atoms with Crippen molar-refractivity contribution in [3.8, 4) is 5.75 Å². The molecule has 0 fully saturated rings. The molecule has 0 aliphatic heterocycles. The van der Waals surface area contributed by atoms with Gasteiger partial charge in [0.15, 0.2) is 0 Å². The SMILES string of the molecule is Cc1cc(S(N)(=O)=O)c(C)c(C)c1OCCCF. The number of aryl methyl sites for hydroxylation is 1. The first-order chi connectivity index (χ1) is 8.29. The van der Waals surface area contributed by atoms with Gasteiger partial charge in [0, 0.05) is 6.42 Å². The molecule has 1 aromatic rings. The largest absolute Gasteiger partial charge is 0.493 e. The van der Waals surface area contributed by atoms with E-state index in [2.05, 4.69) is 0 Å². The van der Waals surface area contributed by atoms with Gasteiger partial charge in [-0.25, -0.2) is 13.6 Å². The lowest BCUT2D eigenvalue weighted by Gasteiger charge is -2.16. The summed E-state index contributed by atoms with van der Waals surface area (Å²) in [5.41, 5.74) is 1.97. The monoisotopic (exact) mass is 275 g/mol. The van der Waals surface area contributed by atoms with Gasteiger partial charge in [-0.1, -0.05) is 0 Å². The Morgan fingerprint density at radius 1 is 1.28 bits per heavy atom. The standard InChI is InChI=1S/C12H18FNO3S/c1-8-7-11(18(14,15)16)9(2)10(3)12(8)17-6-4-5-13/h7H,4-6H2,1-3H3,(H2,14,15,16). The minimum atomic E-state index is -3.74. The van der Waals surface area contributed by atoms with Crippen LogP contribution in [0.15, 0.2) is 11.0 Å². The van der Waals surface area contributed by atoms with Crippen LogP contribution in [0.5, 0.6) is 5.75 Å². The Morgan fingerprint density at radius 2 is 1.89 bits per heavy atom. The van der Waals surface area contributed by atoms with Crippen LogP contribution < -0.4 is 9.88 Å². The molecular weight excluding hydrogens is 257 g/mol. The van der Waals surface area contributed by atoms with Gasteiger partial charge in [-0.2, -0.15) is 0 Å². The fourth-order valence-electron chi connectivity index (χ4n) is 1.77. The number of hydrogen-bond acceptors (Lipinski definition) is 3. The van der Waals surface area contributed by atoms with E-state index in [0.29, 0.717) is 23.3 Å². The van der Waals surface area contributed by atoms with Crippen molar-refractivity contribution in [1.29, 1.82) is 0 Å². The number of primary sulfonamides is 1. The van der Waals surface area contributed by atoms with Crippen LogP contribution in [-0.2, 0) is 10.0 Å². The lowest BCUT2D eigenvalue weighted by atomic mass is 10.1. The van der Waals surface area contributed by atoms with Crippen LogP contribution in [0.3, 0.4) is 0 Å². The second kappa shape index (κ2) is 5.67. The summed E-state index contributed by atoms with van der Waals surface area (Å²) in [5.74, 6) is 0.605. The fourth-order valence-corrected chi connectivity index (χ4v) is 2.69. The summed E-state index contributed by atoms with van der Waals surface area (Å²) < 4.78 is 40.3. The molecule has 18 heavy (non-hydrogen) atoms. The van der Waals surface area contributed by atoms with Crippen molar-refractivity contribution in [2.75, 3.05) is 13.3 Å². The van der Waals surface area contributed by atoms with E-state index < -0.39 is 16.7 Å². The molecule has 0 saturated carbocycles. The summed E-state index contributed by atoms with van der Waals surface area (Å²) >= 11 is 0. The number of rotatable bonds is 5. The molecule has 2 N–H and O–H groups in total. The Balaban J connectivity index is 3.21. The number of sulfonamides is 1. The second-order valence-corrected chi connectivity index (χ2v) is 5.74. The maximum Gasteiger partial charge on any atom is 0.238 e. The number of ether oxygens (including phenoxy) is 1. The molecule has 0 atom stereocenters. The molecule has 0 aliphatic rings. The summed E-state index contributed by atoms with van der Waals surface area (Å²) in [5, 5.41) is 5.15. The van der Waals surface area contributed by atoms with E-state index in [-0.39, 0.29) is 11.5 Å². The van der Waals surface area contributed by atoms with E-state index in [1.165, 1.54) is 6.07 Å². The van der Waals surface area contributed by atoms with Gasteiger partial charge in [0.05, 0.1) is 18.2 Å². The van der Waals surface area contributed by atoms with Crippen LogP contribution in [-0.4, -0.2) is 21.7 Å². The zero-order chi connectivity index (χ0) is 13.9. The first-order valence-corrected chi connectivity index (χ1v) is 7.16. The number of nitrogens with two attached hydrogens (primary N) is 1. The summed E-state index contributed by atoms with van der Waals surface area (Å²) in [6, 6.07) is 1.49. The molecular formula is C12H18FNO3S. The van der Waals surface area contributed by atoms with E-state index >= 15 is 0 Å². The van der Waals surface area contributed by atoms with Crippen molar-refractivity contribution in [2.45, 2.75) is 32.1 Å². The van der Waals surface area contributed by atoms with E-state index in [0.717, 1.165) is 5.56 Å². The summed E-state index contributed by atoms with van der Waals surface area (Å²) in [6.07, 6.45) is 0.314. The lowest BCUT2D eigenvalue weighted by molar-refractivity contribution is 0.286. The minimum absolute atomic E-state index is 0.107. The predicted octanol–water partition coefficient (Wildman–Crippen LogP) is 2.00. The van der Waals surface area contributed by atoms with Gasteiger partial charge >= 0.3 is 0 Å². The molecule has 0 amide bonds. The third kappa shape index (κ3) is 3.20. The first-order valence-electron chi connectivity index (χ1n) is 5.61. The molecule has 102 valence electrons. The molecule has 4 nitrogen and oxygen atoms in total. The molecule has 0 unspecified atom stereocenters. The number of benzene rings is 1. The first kappa shape index (κ1) is 14.9. The van der Waals surface area contributed by atoms with Gasteiger partial charge in [0.25, 0.3) is 0 Å². The number of halogens is 1. The average Bonchev–Trinajstić information content (AvgIpc) is 2.26.